The molecule has 0 aromatic heterocycles. The molecule has 0 aliphatic carbocycles. The quantitative estimate of drug-likeness (QED) is 0.905. The summed E-state index contributed by atoms with van der Waals surface area (Å²) in [5.41, 5.74) is 6.82. The highest BCUT2D eigenvalue weighted by atomic mass is 19.1. The minimum atomic E-state index is -0.489. The zero-order valence-electron chi connectivity index (χ0n) is 10.8. The number of hydrogen-bond acceptors (Lipinski definition) is 2. The molecule has 2 aromatic carbocycles. The van der Waals surface area contributed by atoms with E-state index >= 15 is 0 Å². The Labute approximate surface area is 110 Å². The SMILES string of the molecule is Cc1cc(Oc2ccc(C(C)N)cc2F)ccc1F. The van der Waals surface area contributed by atoms with Crippen LogP contribution in [-0.2, 0) is 0 Å². The fourth-order valence-electron chi connectivity index (χ4n) is 1.69. The van der Waals surface area contributed by atoms with Crippen LogP contribution >= 0.6 is 0 Å². The van der Waals surface area contributed by atoms with Crippen molar-refractivity contribution in [2.45, 2.75) is 19.9 Å². The van der Waals surface area contributed by atoms with Crippen molar-refractivity contribution in [1.29, 1.82) is 0 Å². The van der Waals surface area contributed by atoms with Crippen LogP contribution in [0.1, 0.15) is 24.1 Å². The summed E-state index contributed by atoms with van der Waals surface area (Å²) in [6.45, 7) is 3.40. The summed E-state index contributed by atoms with van der Waals surface area (Å²) in [5.74, 6) is -0.321. The highest BCUT2D eigenvalue weighted by molar-refractivity contribution is 5.37. The Morgan fingerprint density at radius 3 is 2.37 bits per heavy atom. The summed E-state index contributed by atoms with van der Waals surface area (Å²) in [7, 11) is 0. The largest absolute Gasteiger partial charge is 0.454 e. The third-order valence-corrected chi connectivity index (χ3v) is 2.84. The molecule has 1 atom stereocenters. The third kappa shape index (κ3) is 3.09. The molecule has 0 saturated heterocycles. The van der Waals surface area contributed by atoms with Gasteiger partial charge in [0.2, 0.25) is 0 Å². The summed E-state index contributed by atoms with van der Waals surface area (Å²) in [6.07, 6.45) is 0. The maximum Gasteiger partial charge on any atom is 0.166 e. The van der Waals surface area contributed by atoms with Gasteiger partial charge in [-0.25, -0.2) is 8.78 Å². The molecule has 2 rings (SSSR count). The second kappa shape index (κ2) is 5.36. The Morgan fingerprint density at radius 1 is 1.05 bits per heavy atom. The van der Waals surface area contributed by atoms with E-state index in [9.17, 15) is 8.78 Å². The molecule has 19 heavy (non-hydrogen) atoms. The predicted molar refractivity (Wildman–Crippen MR) is 70.2 cm³/mol. The van der Waals surface area contributed by atoms with Gasteiger partial charge >= 0.3 is 0 Å². The van der Waals surface area contributed by atoms with E-state index in [1.54, 1.807) is 19.9 Å². The average Bonchev–Trinajstić information content (AvgIpc) is 2.36. The Balaban J connectivity index is 2.25. The van der Waals surface area contributed by atoms with Gasteiger partial charge in [0, 0.05) is 6.04 Å². The summed E-state index contributed by atoms with van der Waals surface area (Å²) >= 11 is 0. The first-order valence-electron chi connectivity index (χ1n) is 5.96. The van der Waals surface area contributed by atoms with Crippen LogP contribution in [0.2, 0.25) is 0 Å². The predicted octanol–water partition coefficient (Wildman–Crippen LogP) is 4.09. The van der Waals surface area contributed by atoms with E-state index in [4.69, 9.17) is 10.5 Å². The van der Waals surface area contributed by atoms with Gasteiger partial charge in [0.1, 0.15) is 11.6 Å². The third-order valence-electron chi connectivity index (χ3n) is 2.84. The van der Waals surface area contributed by atoms with Gasteiger partial charge in [0.05, 0.1) is 0 Å². The second-order valence-electron chi connectivity index (χ2n) is 4.49. The Kier molecular flexibility index (Phi) is 3.81. The molecule has 0 saturated carbocycles. The van der Waals surface area contributed by atoms with Crippen molar-refractivity contribution in [1.82, 2.24) is 0 Å². The van der Waals surface area contributed by atoms with Gasteiger partial charge in [-0.05, 0) is 55.3 Å². The molecule has 0 aliphatic heterocycles. The van der Waals surface area contributed by atoms with Crippen molar-refractivity contribution in [3.8, 4) is 11.5 Å². The summed E-state index contributed by atoms with van der Waals surface area (Å²) in [4.78, 5) is 0. The number of benzene rings is 2. The summed E-state index contributed by atoms with van der Waals surface area (Å²) in [5, 5.41) is 0. The highest BCUT2D eigenvalue weighted by Gasteiger charge is 2.09. The van der Waals surface area contributed by atoms with Crippen molar-refractivity contribution in [3.05, 3.63) is 59.2 Å². The van der Waals surface area contributed by atoms with Crippen molar-refractivity contribution in [2.75, 3.05) is 0 Å². The van der Waals surface area contributed by atoms with E-state index in [2.05, 4.69) is 0 Å². The Bertz CT molecular complexity index is 597. The summed E-state index contributed by atoms with van der Waals surface area (Å²) in [6, 6.07) is 8.60. The monoisotopic (exact) mass is 263 g/mol. The number of aryl methyl sites for hydroxylation is 1. The molecule has 0 bridgehead atoms. The first-order chi connectivity index (χ1) is 8.97. The van der Waals surface area contributed by atoms with Gasteiger partial charge in [-0.3, -0.25) is 0 Å². The van der Waals surface area contributed by atoms with E-state index < -0.39 is 5.82 Å². The lowest BCUT2D eigenvalue weighted by Crippen LogP contribution is -2.05. The van der Waals surface area contributed by atoms with Crippen LogP contribution in [-0.4, -0.2) is 0 Å². The van der Waals surface area contributed by atoms with Crippen molar-refractivity contribution in [2.24, 2.45) is 5.73 Å². The van der Waals surface area contributed by atoms with Crippen LogP contribution in [0.4, 0.5) is 8.78 Å². The molecule has 4 heteroatoms. The fraction of sp³-hybridized carbons (Fsp3) is 0.200. The van der Waals surface area contributed by atoms with Crippen LogP contribution in [0.3, 0.4) is 0 Å². The van der Waals surface area contributed by atoms with Crippen LogP contribution in [0.25, 0.3) is 0 Å². The fourth-order valence-corrected chi connectivity index (χ4v) is 1.69. The number of nitrogens with two attached hydrogens (primary N) is 1. The van der Waals surface area contributed by atoms with Gasteiger partial charge in [-0.15, -0.1) is 0 Å². The molecule has 2 aromatic rings. The first-order valence-corrected chi connectivity index (χ1v) is 5.96. The zero-order chi connectivity index (χ0) is 14.0. The zero-order valence-corrected chi connectivity index (χ0v) is 10.8. The topological polar surface area (TPSA) is 35.2 Å². The number of rotatable bonds is 3. The van der Waals surface area contributed by atoms with E-state index in [-0.39, 0.29) is 17.6 Å². The number of hydrogen-bond donors (Lipinski definition) is 1. The van der Waals surface area contributed by atoms with Gasteiger partial charge < -0.3 is 10.5 Å². The molecule has 1 unspecified atom stereocenters. The normalized spacial score (nSPS) is 12.3. The van der Waals surface area contributed by atoms with E-state index in [1.165, 1.54) is 30.3 Å². The van der Waals surface area contributed by atoms with Crippen LogP contribution in [0.5, 0.6) is 11.5 Å². The molecule has 0 radical (unpaired) electrons. The van der Waals surface area contributed by atoms with Gasteiger partial charge in [-0.2, -0.15) is 0 Å². The highest BCUT2D eigenvalue weighted by Crippen LogP contribution is 2.27. The van der Waals surface area contributed by atoms with Crippen molar-refractivity contribution in [3.63, 3.8) is 0 Å². The van der Waals surface area contributed by atoms with Crippen molar-refractivity contribution >= 4 is 0 Å². The Hall–Kier alpha value is -1.94. The number of ether oxygens (including phenoxy) is 1. The molecule has 0 fully saturated rings. The average molecular weight is 263 g/mol. The van der Waals surface area contributed by atoms with E-state index in [0.29, 0.717) is 16.9 Å². The maximum atomic E-state index is 13.8. The molecule has 100 valence electrons. The van der Waals surface area contributed by atoms with Gasteiger partial charge in [0.15, 0.2) is 11.6 Å². The van der Waals surface area contributed by atoms with Gasteiger partial charge in [-0.1, -0.05) is 6.07 Å². The van der Waals surface area contributed by atoms with Crippen LogP contribution in [0.15, 0.2) is 36.4 Å². The smallest absolute Gasteiger partial charge is 0.166 e. The summed E-state index contributed by atoms with van der Waals surface area (Å²) < 4.78 is 32.3. The second-order valence-corrected chi connectivity index (χ2v) is 4.49. The number of halogens is 2. The molecular formula is C15H15F2NO. The van der Waals surface area contributed by atoms with Crippen LogP contribution in [0, 0.1) is 18.6 Å². The van der Waals surface area contributed by atoms with E-state index in [0.717, 1.165) is 0 Å². The molecule has 2 nitrogen and oxygen atoms in total. The molecular weight excluding hydrogens is 248 g/mol. The van der Waals surface area contributed by atoms with Crippen molar-refractivity contribution < 1.29 is 13.5 Å². The lowest BCUT2D eigenvalue weighted by atomic mass is 10.1. The standard InChI is InChI=1S/C15H15F2NO/c1-9-7-12(4-5-13(9)16)19-15-6-3-11(10(2)18)8-14(15)17/h3-8,10H,18H2,1-2H3. The minimum Gasteiger partial charge on any atom is -0.454 e. The van der Waals surface area contributed by atoms with E-state index in [1.807, 2.05) is 0 Å². The molecule has 2 N–H and O–H groups in total. The minimum absolute atomic E-state index is 0.0930. The lowest BCUT2D eigenvalue weighted by Gasteiger charge is -2.10. The van der Waals surface area contributed by atoms with Gasteiger partial charge in [0.25, 0.3) is 0 Å². The molecule has 0 heterocycles. The molecule has 0 aliphatic rings. The lowest BCUT2D eigenvalue weighted by molar-refractivity contribution is 0.439. The molecule has 0 spiro atoms. The van der Waals surface area contributed by atoms with Crippen LogP contribution < -0.4 is 10.5 Å². The molecule has 0 amide bonds. The Morgan fingerprint density at radius 2 is 1.79 bits per heavy atom. The maximum absolute atomic E-state index is 13.8. The first kappa shape index (κ1) is 13.5.